The van der Waals surface area contributed by atoms with Gasteiger partial charge in [0.2, 0.25) is 0 Å². The van der Waals surface area contributed by atoms with Crippen molar-refractivity contribution in [3.8, 4) is 11.3 Å². The number of fused-ring (bicyclic) bond motifs is 1. The molecule has 0 aliphatic rings. The molecule has 0 bridgehead atoms. The zero-order chi connectivity index (χ0) is 18.7. The lowest BCUT2D eigenvalue weighted by molar-refractivity contribution is 0.0697. The molecule has 3 rings (SSSR count). The molecule has 3 aromatic rings. The van der Waals surface area contributed by atoms with Crippen molar-refractivity contribution in [1.29, 1.82) is 0 Å². The van der Waals surface area contributed by atoms with E-state index in [9.17, 15) is 9.90 Å². The second kappa shape index (κ2) is 7.62. The number of nitrogens with zero attached hydrogens (tertiary/aromatic N) is 1. The van der Waals surface area contributed by atoms with E-state index in [2.05, 4.69) is 28.1 Å². The number of aromatic amines is 1. The third-order valence-electron chi connectivity index (χ3n) is 4.69. The number of nitrogens with one attached hydrogen (secondary N) is 1. The van der Waals surface area contributed by atoms with Gasteiger partial charge in [-0.15, -0.1) is 0 Å². The van der Waals surface area contributed by atoms with Gasteiger partial charge < -0.3 is 20.7 Å². The van der Waals surface area contributed by atoms with Crippen LogP contribution in [-0.2, 0) is 6.42 Å². The predicted molar refractivity (Wildman–Crippen MR) is 107 cm³/mol. The molecular formula is C21H25N3O2. The minimum Gasteiger partial charge on any atom is -0.478 e. The average Bonchev–Trinajstić information content (AvgIpc) is 3.00. The molecule has 0 atom stereocenters. The summed E-state index contributed by atoms with van der Waals surface area (Å²) in [6.45, 7) is 0.661. The van der Waals surface area contributed by atoms with Crippen molar-refractivity contribution in [3.63, 3.8) is 0 Å². The van der Waals surface area contributed by atoms with Gasteiger partial charge in [-0.3, -0.25) is 0 Å². The van der Waals surface area contributed by atoms with E-state index in [0.29, 0.717) is 12.1 Å². The van der Waals surface area contributed by atoms with Gasteiger partial charge in [0, 0.05) is 41.9 Å². The topological polar surface area (TPSA) is 82.3 Å². The molecule has 0 unspecified atom stereocenters. The van der Waals surface area contributed by atoms with Gasteiger partial charge in [-0.2, -0.15) is 0 Å². The molecule has 0 aliphatic heterocycles. The molecule has 26 heavy (non-hydrogen) atoms. The predicted octanol–water partition coefficient (Wildman–Crippen LogP) is 3.88. The third kappa shape index (κ3) is 3.58. The molecule has 0 radical (unpaired) electrons. The van der Waals surface area contributed by atoms with Crippen molar-refractivity contribution in [2.45, 2.75) is 19.3 Å². The number of aromatic carboxylic acids is 1. The summed E-state index contributed by atoms with van der Waals surface area (Å²) in [5.41, 5.74) is 11.4. The second-order valence-electron chi connectivity index (χ2n) is 6.73. The van der Waals surface area contributed by atoms with Crippen LogP contribution in [0, 0.1) is 0 Å². The summed E-state index contributed by atoms with van der Waals surface area (Å²) < 4.78 is 0. The highest BCUT2D eigenvalue weighted by Gasteiger charge is 2.15. The Bertz CT molecular complexity index is 928. The van der Waals surface area contributed by atoms with Crippen LogP contribution in [0.4, 0.5) is 5.69 Å². The fraction of sp³-hybridized carbons (Fsp3) is 0.286. The number of aromatic nitrogens is 1. The summed E-state index contributed by atoms with van der Waals surface area (Å²) >= 11 is 0. The van der Waals surface area contributed by atoms with Gasteiger partial charge in [0.05, 0.1) is 5.56 Å². The fourth-order valence-electron chi connectivity index (χ4n) is 3.27. The number of hydrogen-bond donors (Lipinski definition) is 3. The molecule has 4 N–H and O–H groups in total. The zero-order valence-corrected chi connectivity index (χ0v) is 15.2. The maximum atomic E-state index is 11.4. The molecule has 1 aromatic heterocycles. The molecule has 2 aromatic carbocycles. The highest BCUT2D eigenvalue weighted by molar-refractivity contribution is 5.97. The Morgan fingerprint density at radius 2 is 1.96 bits per heavy atom. The minimum absolute atomic E-state index is 0.310. The number of aryl methyl sites for hydroxylation is 1. The summed E-state index contributed by atoms with van der Waals surface area (Å²) in [5.74, 6) is -0.905. The molecule has 0 fully saturated rings. The van der Waals surface area contributed by atoms with Crippen molar-refractivity contribution in [3.05, 3.63) is 53.6 Å². The summed E-state index contributed by atoms with van der Waals surface area (Å²) in [6, 6.07) is 13.6. The Hall–Kier alpha value is -2.79. The smallest absolute Gasteiger partial charge is 0.335 e. The highest BCUT2D eigenvalue weighted by Crippen LogP contribution is 2.33. The normalized spacial score (nSPS) is 11.0. The Morgan fingerprint density at radius 1 is 1.15 bits per heavy atom. The maximum absolute atomic E-state index is 11.4. The Morgan fingerprint density at radius 3 is 2.65 bits per heavy atom. The van der Waals surface area contributed by atoms with E-state index >= 15 is 0 Å². The van der Waals surface area contributed by atoms with Gasteiger partial charge in [-0.05, 0) is 61.7 Å². The van der Waals surface area contributed by atoms with Gasteiger partial charge in [0.25, 0.3) is 0 Å². The first-order valence-electron chi connectivity index (χ1n) is 8.87. The van der Waals surface area contributed by atoms with Gasteiger partial charge >= 0.3 is 5.97 Å². The lowest BCUT2D eigenvalue weighted by Gasteiger charge is -2.14. The lowest BCUT2D eigenvalue weighted by Crippen LogP contribution is -2.08. The Balaban J connectivity index is 2.15. The molecule has 5 nitrogen and oxygen atoms in total. The van der Waals surface area contributed by atoms with Crippen LogP contribution in [0.2, 0.25) is 0 Å². The lowest BCUT2D eigenvalue weighted by atomic mass is 9.99. The van der Waals surface area contributed by atoms with E-state index in [1.165, 1.54) is 0 Å². The first kappa shape index (κ1) is 18.0. The number of hydrogen-bond acceptors (Lipinski definition) is 3. The molecule has 0 saturated carbocycles. The first-order valence-corrected chi connectivity index (χ1v) is 8.87. The van der Waals surface area contributed by atoms with Crippen molar-refractivity contribution in [1.82, 2.24) is 4.98 Å². The van der Waals surface area contributed by atoms with Crippen molar-refractivity contribution in [2.24, 2.45) is 5.73 Å². The number of carboxylic acids is 1. The number of unbranched alkanes of at least 4 members (excludes halogenated alkanes) is 1. The van der Waals surface area contributed by atoms with Gasteiger partial charge in [-0.1, -0.05) is 12.1 Å². The zero-order valence-electron chi connectivity index (χ0n) is 15.2. The Kier molecular flexibility index (Phi) is 5.28. The van der Waals surface area contributed by atoms with E-state index in [0.717, 1.165) is 52.7 Å². The van der Waals surface area contributed by atoms with E-state index in [4.69, 9.17) is 5.73 Å². The number of benzene rings is 2. The maximum Gasteiger partial charge on any atom is 0.335 e. The summed E-state index contributed by atoms with van der Waals surface area (Å²) in [7, 11) is 4.04. The number of H-pyrrole nitrogens is 1. The van der Waals surface area contributed by atoms with Crippen LogP contribution in [0.15, 0.2) is 42.5 Å². The van der Waals surface area contributed by atoms with Gasteiger partial charge in [0.1, 0.15) is 0 Å². The number of nitrogens with two attached hydrogens (primary N) is 1. The van der Waals surface area contributed by atoms with Crippen LogP contribution in [0.3, 0.4) is 0 Å². The average molecular weight is 351 g/mol. The van der Waals surface area contributed by atoms with Crippen molar-refractivity contribution in [2.75, 3.05) is 25.5 Å². The summed E-state index contributed by atoms with van der Waals surface area (Å²) in [6.07, 6.45) is 2.78. The van der Waals surface area contributed by atoms with Crippen LogP contribution in [0.1, 0.15) is 28.8 Å². The third-order valence-corrected chi connectivity index (χ3v) is 4.69. The quantitative estimate of drug-likeness (QED) is 0.564. The number of anilines is 1. The molecular weight excluding hydrogens is 326 g/mol. The SMILES string of the molecule is CN(C)c1cccc(-c2[nH]c3ccc(C(=O)O)cc3c2CCCCN)c1. The van der Waals surface area contributed by atoms with E-state index < -0.39 is 5.97 Å². The highest BCUT2D eigenvalue weighted by atomic mass is 16.4. The molecule has 1 heterocycles. The molecule has 0 spiro atoms. The van der Waals surface area contributed by atoms with Gasteiger partial charge in [0.15, 0.2) is 0 Å². The standard InChI is InChI=1S/C21H25N3O2/c1-24(2)16-7-5-6-14(12-16)20-17(8-3-4-11-22)18-13-15(21(25)26)9-10-19(18)23-20/h5-7,9-10,12-13,23H,3-4,8,11,22H2,1-2H3,(H,25,26). The van der Waals surface area contributed by atoms with Crippen molar-refractivity contribution < 1.29 is 9.90 Å². The number of carbonyl (C=O) groups is 1. The van der Waals surface area contributed by atoms with E-state index in [-0.39, 0.29) is 0 Å². The largest absolute Gasteiger partial charge is 0.478 e. The van der Waals surface area contributed by atoms with Gasteiger partial charge in [-0.25, -0.2) is 4.79 Å². The minimum atomic E-state index is -0.905. The van der Waals surface area contributed by atoms with Crippen molar-refractivity contribution >= 4 is 22.6 Å². The van der Waals surface area contributed by atoms with Crippen LogP contribution in [0.5, 0.6) is 0 Å². The van der Waals surface area contributed by atoms with Crippen LogP contribution in [-0.4, -0.2) is 36.7 Å². The molecule has 0 saturated heterocycles. The van der Waals surface area contributed by atoms with Crippen LogP contribution < -0.4 is 10.6 Å². The monoisotopic (exact) mass is 351 g/mol. The first-order chi connectivity index (χ1) is 12.5. The molecule has 5 heteroatoms. The molecule has 136 valence electrons. The Labute approximate surface area is 153 Å². The second-order valence-corrected chi connectivity index (χ2v) is 6.73. The molecule has 0 amide bonds. The fourth-order valence-corrected chi connectivity index (χ4v) is 3.27. The van der Waals surface area contributed by atoms with E-state index in [1.54, 1.807) is 12.1 Å². The molecule has 0 aliphatic carbocycles. The van der Waals surface area contributed by atoms with Crippen LogP contribution >= 0.6 is 0 Å². The number of rotatable bonds is 7. The summed E-state index contributed by atoms with van der Waals surface area (Å²) in [5, 5.41) is 10.3. The summed E-state index contributed by atoms with van der Waals surface area (Å²) in [4.78, 5) is 16.9. The van der Waals surface area contributed by atoms with E-state index in [1.807, 2.05) is 26.2 Å². The number of carboxylic acid groups (broad SMARTS) is 1. The van der Waals surface area contributed by atoms with Crippen LogP contribution in [0.25, 0.3) is 22.2 Å².